The van der Waals surface area contributed by atoms with Crippen molar-refractivity contribution in [2.24, 2.45) is 5.41 Å². The first kappa shape index (κ1) is 14.6. The van der Waals surface area contributed by atoms with Crippen LogP contribution in [0, 0.1) is 16.7 Å². The lowest BCUT2D eigenvalue weighted by atomic mass is 9.88. The molecule has 0 aliphatic rings. The first-order valence-electron chi connectivity index (χ1n) is 3.99. The predicted octanol–water partition coefficient (Wildman–Crippen LogP) is 0.0557. The highest BCUT2D eigenvalue weighted by Gasteiger charge is 2.24. The van der Waals surface area contributed by atoms with Crippen LogP contribution in [0.15, 0.2) is 12.7 Å². The highest BCUT2D eigenvalue weighted by atomic mass is 16.3. The molecular formula is C9H17NO3. The molecule has 0 aliphatic heterocycles. The summed E-state index contributed by atoms with van der Waals surface area (Å²) in [6.45, 7) is 4.47. The second kappa shape index (κ2) is 9.20. The molecule has 0 bridgehead atoms. The molecule has 0 saturated heterocycles. The van der Waals surface area contributed by atoms with E-state index in [2.05, 4.69) is 6.58 Å². The van der Waals surface area contributed by atoms with Gasteiger partial charge in [0.2, 0.25) is 0 Å². The summed E-state index contributed by atoms with van der Waals surface area (Å²) in [5, 5.41) is 33.5. The molecule has 0 rings (SSSR count). The Morgan fingerprint density at radius 1 is 1.31 bits per heavy atom. The molecule has 0 saturated carbocycles. The quantitative estimate of drug-likeness (QED) is 0.543. The fraction of sp³-hybridized carbons (Fsp3) is 0.667. The van der Waals surface area contributed by atoms with Crippen molar-refractivity contribution in [1.29, 1.82) is 5.26 Å². The van der Waals surface area contributed by atoms with Crippen LogP contribution in [-0.4, -0.2) is 35.1 Å². The van der Waals surface area contributed by atoms with Crippen LogP contribution < -0.4 is 0 Å². The summed E-state index contributed by atoms with van der Waals surface area (Å²) in [4.78, 5) is 0. The van der Waals surface area contributed by atoms with E-state index >= 15 is 0 Å². The number of nitriles is 1. The lowest BCUT2D eigenvalue weighted by molar-refractivity contribution is 0.00304. The number of aliphatic hydroxyl groups is 3. The van der Waals surface area contributed by atoms with Crippen molar-refractivity contribution in [1.82, 2.24) is 0 Å². The van der Waals surface area contributed by atoms with Gasteiger partial charge in [-0.1, -0.05) is 13.5 Å². The predicted molar refractivity (Wildman–Crippen MR) is 49.8 cm³/mol. The molecule has 4 heteroatoms. The molecule has 0 aromatic rings. The second-order valence-electron chi connectivity index (χ2n) is 2.66. The molecule has 0 atom stereocenters. The van der Waals surface area contributed by atoms with Gasteiger partial charge in [0.15, 0.2) is 0 Å². The van der Waals surface area contributed by atoms with Gasteiger partial charge in [-0.05, 0) is 6.42 Å². The Hall–Kier alpha value is -0.890. The zero-order valence-corrected chi connectivity index (χ0v) is 7.90. The van der Waals surface area contributed by atoms with Gasteiger partial charge in [-0.3, -0.25) is 0 Å². The smallest absolute Gasteiger partial charge is 0.0905 e. The van der Waals surface area contributed by atoms with Crippen LogP contribution in [0.4, 0.5) is 0 Å². The molecule has 0 aromatic heterocycles. The molecule has 0 unspecified atom stereocenters. The summed E-state index contributed by atoms with van der Waals surface area (Å²) < 4.78 is 0. The summed E-state index contributed by atoms with van der Waals surface area (Å²) in [7, 11) is 0. The summed E-state index contributed by atoms with van der Waals surface area (Å²) in [5.41, 5.74) is -0.667. The number of nitrogens with zero attached hydrogens (tertiary/aromatic N) is 1. The van der Waals surface area contributed by atoms with Crippen molar-refractivity contribution >= 4 is 0 Å². The van der Waals surface area contributed by atoms with Gasteiger partial charge in [0.25, 0.3) is 0 Å². The zero-order valence-electron chi connectivity index (χ0n) is 7.90. The third-order valence-corrected chi connectivity index (χ3v) is 1.85. The highest BCUT2D eigenvalue weighted by Crippen LogP contribution is 2.18. The maximum absolute atomic E-state index is 8.66. The average Bonchev–Trinajstić information content (AvgIpc) is 2.23. The molecule has 0 fully saturated rings. The summed E-state index contributed by atoms with van der Waals surface area (Å²) >= 11 is 0. The van der Waals surface area contributed by atoms with E-state index in [0.717, 1.165) is 0 Å². The molecule has 0 heterocycles. The summed E-state index contributed by atoms with van der Waals surface area (Å²) in [6, 6.07) is 1.69. The van der Waals surface area contributed by atoms with Crippen molar-refractivity contribution in [3.05, 3.63) is 12.7 Å². The molecule has 0 radical (unpaired) electrons. The van der Waals surface area contributed by atoms with E-state index in [4.69, 9.17) is 20.6 Å². The van der Waals surface area contributed by atoms with Crippen LogP contribution in [0.5, 0.6) is 0 Å². The Balaban J connectivity index is 0. The summed E-state index contributed by atoms with van der Waals surface area (Å²) in [5.74, 6) is 0. The maximum atomic E-state index is 8.66. The van der Waals surface area contributed by atoms with E-state index in [1.165, 1.54) is 6.08 Å². The lowest BCUT2D eigenvalue weighted by Crippen LogP contribution is -2.32. The topological polar surface area (TPSA) is 84.5 Å². The van der Waals surface area contributed by atoms with Crippen LogP contribution in [0.3, 0.4) is 0 Å². The van der Waals surface area contributed by atoms with Crippen molar-refractivity contribution in [2.75, 3.05) is 19.8 Å². The first-order valence-corrected chi connectivity index (χ1v) is 3.99. The zero-order chi connectivity index (χ0) is 10.7. The highest BCUT2D eigenvalue weighted by molar-refractivity contribution is 4.93. The Kier molecular flexibility index (Phi) is 10.3. The molecule has 3 N–H and O–H groups in total. The van der Waals surface area contributed by atoms with E-state index < -0.39 is 5.41 Å². The van der Waals surface area contributed by atoms with Gasteiger partial charge >= 0.3 is 0 Å². The largest absolute Gasteiger partial charge is 0.396 e. The van der Waals surface area contributed by atoms with Crippen molar-refractivity contribution in [3.8, 4) is 6.07 Å². The minimum atomic E-state index is -0.667. The maximum Gasteiger partial charge on any atom is 0.0905 e. The Morgan fingerprint density at radius 2 is 1.62 bits per heavy atom. The van der Waals surface area contributed by atoms with E-state index in [9.17, 15) is 0 Å². The lowest BCUT2D eigenvalue weighted by Gasteiger charge is -2.24. The van der Waals surface area contributed by atoms with Gasteiger partial charge in [0.05, 0.1) is 25.9 Å². The van der Waals surface area contributed by atoms with E-state index in [1.54, 1.807) is 6.07 Å². The third kappa shape index (κ3) is 6.29. The van der Waals surface area contributed by atoms with Gasteiger partial charge in [-0.15, -0.1) is 0 Å². The van der Waals surface area contributed by atoms with Crippen LogP contribution in [0.25, 0.3) is 0 Å². The van der Waals surface area contributed by atoms with Crippen LogP contribution >= 0.6 is 0 Å². The second-order valence-corrected chi connectivity index (χ2v) is 2.66. The van der Waals surface area contributed by atoms with Crippen molar-refractivity contribution in [2.45, 2.75) is 13.3 Å². The first-order chi connectivity index (χ1) is 6.16. The van der Waals surface area contributed by atoms with E-state index in [0.29, 0.717) is 6.42 Å². The average molecular weight is 187 g/mol. The number of rotatable bonds is 4. The number of aliphatic hydroxyl groups excluding tert-OH is 3. The monoisotopic (exact) mass is 187 g/mol. The van der Waals surface area contributed by atoms with Crippen molar-refractivity contribution < 1.29 is 15.3 Å². The third-order valence-electron chi connectivity index (χ3n) is 1.85. The molecular weight excluding hydrogens is 170 g/mol. The fourth-order valence-electron chi connectivity index (χ4n) is 0.485. The summed E-state index contributed by atoms with van der Waals surface area (Å²) in [6.07, 6.45) is 1.77. The minimum Gasteiger partial charge on any atom is -0.396 e. The van der Waals surface area contributed by atoms with Crippen LogP contribution in [0.1, 0.15) is 13.3 Å². The minimum absolute atomic E-state index is 0.156. The van der Waals surface area contributed by atoms with Gasteiger partial charge < -0.3 is 15.3 Å². The fourth-order valence-corrected chi connectivity index (χ4v) is 0.485. The Bertz CT molecular complexity index is 141. The van der Waals surface area contributed by atoms with Gasteiger partial charge in [0, 0.05) is 11.5 Å². The SMILES string of the molecule is C=CC#N.CCC(CO)(CO)CO. The molecule has 13 heavy (non-hydrogen) atoms. The van der Waals surface area contributed by atoms with Crippen LogP contribution in [-0.2, 0) is 0 Å². The van der Waals surface area contributed by atoms with Gasteiger partial charge in [0.1, 0.15) is 0 Å². The van der Waals surface area contributed by atoms with Crippen molar-refractivity contribution in [3.63, 3.8) is 0 Å². The molecule has 0 aliphatic carbocycles. The standard InChI is InChI=1S/C6H14O3.C3H3N/c1-2-6(3-7,4-8)5-9;1-2-3-4/h7-9H,2-5H2,1H3;2H,1H2. The Morgan fingerprint density at radius 3 is 1.62 bits per heavy atom. The normalized spacial score (nSPS) is 9.46. The van der Waals surface area contributed by atoms with Gasteiger partial charge in [-0.2, -0.15) is 5.26 Å². The Labute approximate surface area is 78.8 Å². The molecule has 0 aromatic carbocycles. The molecule has 0 spiro atoms. The molecule has 4 nitrogen and oxygen atoms in total. The van der Waals surface area contributed by atoms with E-state index in [1.807, 2.05) is 6.92 Å². The van der Waals surface area contributed by atoms with Gasteiger partial charge in [-0.25, -0.2) is 0 Å². The molecule has 0 amide bonds. The number of hydrogen-bond donors (Lipinski definition) is 3. The van der Waals surface area contributed by atoms with E-state index in [-0.39, 0.29) is 19.8 Å². The van der Waals surface area contributed by atoms with Crippen LogP contribution in [0.2, 0.25) is 0 Å². The number of allylic oxidation sites excluding steroid dienone is 1. The molecule has 76 valence electrons. The number of hydrogen-bond acceptors (Lipinski definition) is 4.